The van der Waals surface area contributed by atoms with Gasteiger partial charge in [0.25, 0.3) is 0 Å². The second-order valence-corrected chi connectivity index (χ2v) is 10.0. The van der Waals surface area contributed by atoms with Gasteiger partial charge in [-0.05, 0) is 49.6 Å². The van der Waals surface area contributed by atoms with E-state index in [0.717, 1.165) is 21.9 Å². The van der Waals surface area contributed by atoms with E-state index in [2.05, 4.69) is 20.8 Å². The smallest absolute Gasteiger partial charge is 0.408 e. The standard InChI is InChI=1S/C29H32N4O4/c1-19-30-27(37-33-19)25(17-20-10-6-5-7-11-20)31-26(34)24(32-28(35)36-29(2,3)4)18-21-14-15-22-12-8-9-13-23(22)16-21/h5-16,24-25H,17-18H2,1-4H3,(H,31,34)(H,32,35)/t24-,25?/m1/s1. The molecule has 0 aliphatic rings. The zero-order chi connectivity index (χ0) is 26.4. The van der Waals surface area contributed by atoms with Crippen LogP contribution in [0.2, 0.25) is 0 Å². The molecule has 8 nitrogen and oxygen atoms in total. The van der Waals surface area contributed by atoms with Crippen molar-refractivity contribution in [2.75, 3.05) is 0 Å². The molecule has 0 aliphatic carbocycles. The third-order valence-electron chi connectivity index (χ3n) is 5.70. The number of rotatable bonds is 8. The number of ether oxygens (including phenoxy) is 1. The number of nitrogens with zero attached hydrogens (tertiary/aromatic N) is 2. The number of fused-ring (bicyclic) bond motifs is 1. The van der Waals surface area contributed by atoms with Crippen molar-refractivity contribution in [3.63, 3.8) is 0 Å². The zero-order valence-corrected chi connectivity index (χ0v) is 21.5. The molecule has 1 aromatic heterocycles. The highest BCUT2D eigenvalue weighted by Gasteiger charge is 2.29. The van der Waals surface area contributed by atoms with E-state index in [9.17, 15) is 9.59 Å². The molecule has 1 heterocycles. The van der Waals surface area contributed by atoms with Crippen LogP contribution in [0.25, 0.3) is 10.8 Å². The van der Waals surface area contributed by atoms with Crippen LogP contribution >= 0.6 is 0 Å². The fourth-order valence-electron chi connectivity index (χ4n) is 4.04. The lowest BCUT2D eigenvalue weighted by Gasteiger charge is -2.25. The predicted octanol–water partition coefficient (Wildman–Crippen LogP) is 5.07. The second-order valence-electron chi connectivity index (χ2n) is 10.0. The van der Waals surface area contributed by atoms with Crippen LogP contribution in [-0.2, 0) is 22.4 Å². The Balaban J connectivity index is 1.59. The van der Waals surface area contributed by atoms with Gasteiger partial charge in [-0.1, -0.05) is 78.0 Å². The highest BCUT2D eigenvalue weighted by atomic mass is 16.6. The Labute approximate surface area is 216 Å². The maximum absolute atomic E-state index is 13.6. The summed E-state index contributed by atoms with van der Waals surface area (Å²) in [6.07, 6.45) is 0.0573. The van der Waals surface area contributed by atoms with Crippen molar-refractivity contribution in [2.45, 2.75) is 58.2 Å². The third kappa shape index (κ3) is 7.39. The largest absolute Gasteiger partial charge is 0.444 e. The molecule has 8 heteroatoms. The minimum Gasteiger partial charge on any atom is -0.444 e. The van der Waals surface area contributed by atoms with Crippen molar-refractivity contribution >= 4 is 22.8 Å². The van der Waals surface area contributed by atoms with Gasteiger partial charge in [0.2, 0.25) is 11.8 Å². The van der Waals surface area contributed by atoms with Gasteiger partial charge in [-0.3, -0.25) is 4.79 Å². The van der Waals surface area contributed by atoms with Crippen molar-refractivity contribution < 1.29 is 18.8 Å². The lowest BCUT2D eigenvalue weighted by molar-refractivity contribution is -0.124. The maximum atomic E-state index is 13.6. The summed E-state index contributed by atoms with van der Waals surface area (Å²) in [5.41, 5.74) is 1.20. The van der Waals surface area contributed by atoms with Crippen LogP contribution < -0.4 is 10.6 Å². The van der Waals surface area contributed by atoms with Crippen molar-refractivity contribution in [3.05, 3.63) is 95.6 Å². The van der Waals surface area contributed by atoms with Gasteiger partial charge in [0.1, 0.15) is 17.7 Å². The van der Waals surface area contributed by atoms with E-state index in [4.69, 9.17) is 9.26 Å². The van der Waals surface area contributed by atoms with Gasteiger partial charge >= 0.3 is 6.09 Å². The van der Waals surface area contributed by atoms with Gasteiger partial charge in [0, 0.05) is 12.8 Å². The lowest BCUT2D eigenvalue weighted by atomic mass is 10.0. The molecule has 192 valence electrons. The van der Waals surface area contributed by atoms with Gasteiger partial charge in [-0.15, -0.1) is 0 Å². The van der Waals surface area contributed by atoms with Gasteiger partial charge in [0.15, 0.2) is 5.82 Å². The van der Waals surface area contributed by atoms with E-state index in [1.165, 1.54) is 0 Å². The van der Waals surface area contributed by atoms with E-state index in [1.54, 1.807) is 27.7 Å². The van der Waals surface area contributed by atoms with E-state index < -0.39 is 23.8 Å². The molecule has 0 aliphatic heterocycles. The van der Waals surface area contributed by atoms with Gasteiger partial charge in [-0.2, -0.15) is 4.98 Å². The van der Waals surface area contributed by atoms with Crippen LogP contribution in [-0.4, -0.2) is 33.8 Å². The number of carbonyl (C=O) groups is 2. The van der Waals surface area contributed by atoms with Crippen LogP contribution in [0.1, 0.15) is 49.7 Å². The quantitative estimate of drug-likeness (QED) is 0.350. The summed E-state index contributed by atoms with van der Waals surface area (Å²) in [5.74, 6) is 0.397. The molecule has 0 fully saturated rings. The summed E-state index contributed by atoms with van der Waals surface area (Å²) in [4.78, 5) is 30.6. The average Bonchev–Trinajstić information content (AvgIpc) is 3.29. The average molecular weight is 501 g/mol. The molecule has 0 spiro atoms. The first-order chi connectivity index (χ1) is 17.7. The molecular weight excluding hydrogens is 468 g/mol. The van der Waals surface area contributed by atoms with Crippen LogP contribution in [0, 0.1) is 6.92 Å². The Kier molecular flexibility index (Phi) is 7.86. The highest BCUT2D eigenvalue weighted by molar-refractivity contribution is 5.87. The van der Waals surface area contributed by atoms with E-state index >= 15 is 0 Å². The highest BCUT2D eigenvalue weighted by Crippen LogP contribution is 2.20. The molecule has 2 N–H and O–H groups in total. The summed E-state index contributed by atoms with van der Waals surface area (Å²) >= 11 is 0. The fourth-order valence-corrected chi connectivity index (χ4v) is 4.04. The van der Waals surface area contributed by atoms with E-state index in [0.29, 0.717) is 18.1 Å². The van der Waals surface area contributed by atoms with Crippen molar-refractivity contribution in [2.24, 2.45) is 0 Å². The summed E-state index contributed by atoms with van der Waals surface area (Å²) in [6.45, 7) is 7.05. The molecule has 1 unspecified atom stereocenters. The van der Waals surface area contributed by atoms with Gasteiger partial charge in [-0.25, -0.2) is 4.79 Å². The van der Waals surface area contributed by atoms with Crippen LogP contribution in [0.4, 0.5) is 4.79 Å². The lowest BCUT2D eigenvalue weighted by Crippen LogP contribution is -2.50. The molecule has 3 aromatic carbocycles. The minimum atomic E-state index is -0.890. The topological polar surface area (TPSA) is 106 Å². The summed E-state index contributed by atoms with van der Waals surface area (Å²) in [7, 11) is 0. The van der Waals surface area contributed by atoms with Crippen LogP contribution in [0.3, 0.4) is 0 Å². The first-order valence-corrected chi connectivity index (χ1v) is 12.3. The summed E-state index contributed by atoms with van der Waals surface area (Å²) in [6, 6.07) is 22.2. The third-order valence-corrected chi connectivity index (χ3v) is 5.70. The predicted molar refractivity (Wildman–Crippen MR) is 141 cm³/mol. The Morgan fingerprint density at radius 3 is 2.27 bits per heavy atom. The van der Waals surface area contributed by atoms with Crippen LogP contribution in [0.5, 0.6) is 0 Å². The first kappa shape index (κ1) is 25.9. The molecule has 2 amide bonds. The number of hydrogen-bond acceptors (Lipinski definition) is 6. The normalized spacial score (nSPS) is 13.1. The number of amides is 2. The molecule has 0 saturated heterocycles. The van der Waals surface area contributed by atoms with Crippen molar-refractivity contribution in [1.29, 1.82) is 0 Å². The van der Waals surface area contributed by atoms with Crippen molar-refractivity contribution in [1.82, 2.24) is 20.8 Å². The Hall–Kier alpha value is -4.20. The minimum absolute atomic E-state index is 0.275. The number of aryl methyl sites for hydroxylation is 1. The fraction of sp³-hybridized carbons (Fsp3) is 0.310. The Bertz CT molecular complexity index is 1360. The van der Waals surface area contributed by atoms with E-state index in [-0.39, 0.29) is 12.3 Å². The Morgan fingerprint density at radius 1 is 0.892 bits per heavy atom. The van der Waals surface area contributed by atoms with Crippen LogP contribution in [0.15, 0.2) is 77.3 Å². The number of carbonyl (C=O) groups excluding carboxylic acids is 2. The SMILES string of the molecule is Cc1noc(C(Cc2ccccc2)NC(=O)[C@@H](Cc2ccc3ccccc3c2)NC(=O)OC(C)(C)C)n1. The zero-order valence-electron chi connectivity index (χ0n) is 21.5. The van der Waals surface area contributed by atoms with Gasteiger partial charge < -0.3 is 19.9 Å². The summed E-state index contributed by atoms with van der Waals surface area (Å²) < 4.78 is 10.8. The number of benzene rings is 3. The second kappa shape index (κ2) is 11.2. The number of nitrogens with one attached hydrogen (secondary N) is 2. The number of hydrogen-bond donors (Lipinski definition) is 2. The molecule has 4 aromatic rings. The maximum Gasteiger partial charge on any atom is 0.408 e. The molecule has 37 heavy (non-hydrogen) atoms. The van der Waals surface area contributed by atoms with Gasteiger partial charge in [0.05, 0.1) is 0 Å². The molecular formula is C29H32N4O4. The Morgan fingerprint density at radius 2 is 1.59 bits per heavy atom. The first-order valence-electron chi connectivity index (χ1n) is 12.3. The molecule has 0 radical (unpaired) electrons. The monoisotopic (exact) mass is 500 g/mol. The molecule has 4 rings (SSSR count). The van der Waals surface area contributed by atoms with Crippen molar-refractivity contribution in [3.8, 4) is 0 Å². The number of aromatic nitrogens is 2. The molecule has 0 bridgehead atoms. The molecule has 0 saturated carbocycles. The molecule has 2 atom stereocenters. The van der Waals surface area contributed by atoms with E-state index in [1.807, 2.05) is 72.8 Å². The number of alkyl carbamates (subject to hydrolysis) is 1. The summed E-state index contributed by atoms with van der Waals surface area (Å²) in [5, 5.41) is 11.8.